The van der Waals surface area contributed by atoms with Gasteiger partial charge in [0.25, 0.3) is 0 Å². The number of benzene rings is 2. The summed E-state index contributed by atoms with van der Waals surface area (Å²) >= 11 is 0. The third-order valence-corrected chi connectivity index (χ3v) is 4.06. The van der Waals surface area contributed by atoms with Crippen LogP contribution in [0.2, 0.25) is 0 Å². The zero-order valence-electron chi connectivity index (χ0n) is 12.7. The third kappa shape index (κ3) is 4.47. The number of nitrogens with one attached hydrogen (secondary N) is 1. The molecule has 0 heterocycles. The predicted molar refractivity (Wildman–Crippen MR) is 86.1 cm³/mol. The van der Waals surface area contributed by atoms with E-state index in [2.05, 4.69) is 5.32 Å². The van der Waals surface area contributed by atoms with Crippen molar-refractivity contribution >= 4 is 21.9 Å². The molecule has 0 aliphatic heterocycles. The Labute approximate surface area is 139 Å². The summed E-state index contributed by atoms with van der Waals surface area (Å²) in [6, 6.07) is 13.2. The van der Waals surface area contributed by atoms with Gasteiger partial charge in [0.05, 0.1) is 18.2 Å². The highest BCUT2D eigenvalue weighted by Gasteiger charge is 2.17. The number of hydrogen-bond acceptors (Lipinski definition) is 6. The van der Waals surface area contributed by atoms with Crippen LogP contribution in [-0.4, -0.2) is 21.1 Å². The van der Waals surface area contributed by atoms with E-state index in [0.717, 1.165) is 0 Å². The molecule has 2 aromatic carbocycles. The molecule has 2 aromatic rings. The maximum Gasteiger partial charge on any atom is 0.411 e. The lowest BCUT2D eigenvalue weighted by Gasteiger charge is -2.09. The molecule has 0 aromatic heterocycles. The Hall–Kier alpha value is -3.05. The average molecular weight is 346 g/mol. The Kier molecular flexibility index (Phi) is 5.39. The summed E-state index contributed by atoms with van der Waals surface area (Å²) < 4.78 is 34.3. The van der Waals surface area contributed by atoms with Gasteiger partial charge in [-0.05, 0) is 37.3 Å². The molecule has 1 amide bonds. The van der Waals surface area contributed by atoms with E-state index < -0.39 is 16.2 Å². The normalized spacial score (nSPS) is 10.5. The molecule has 2 rings (SSSR count). The summed E-state index contributed by atoms with van der Waals surface area (Å²) in [6.07, 6.45) is -0.653. The van der Waals surface area contributed by atoms with Crippen LogP contribution in [0.5, 0.6) is 5.75 Å². The number of hydrogen-bond donors (Lipinski definition) is 1. The first-order valence-electron chi connectivity index (χ1n) is 6.93. The first-order valence-corrected chi connectivity index (χ1v) is 8.34. The number of ether oxygens (including phenoxy) is 1. The van der Waals surface area contributed by atoms with Gasteiger partial charge in [-0.15, -0.1) is 0 Å². The molecule has 0 aliphatic carbocycles. The smallest absolute Gasteiger partial charge is 0.411 e. The standard InChI is InChI=1S/C16H14N2O5S/c1-2-22-16(19)18-13-6-4-7-14(10-13)23-24(20,21)15-8-3-5-12(9-15)11-17/h3-10H,2H2,1H3,(H,18,19). The molecule has 24 heavy (non-hydrogen) atoms. The number of amides is 1. The summed E-state index contributed by atoms with van der Waals surface area (Å²) in [5.41, 5.74) is 0.532. The van der Waals surface area contributed by atoms with Gasteiger partial charge in [-0.3, -0.25) is 5.32 Å². The van der Waals surface area contributed by atoms with Gasteiger partial charge in [0.1, 0.15) is 10.6 Å². The van der Waals surface area contributed by atoms with Crippen LogP contribution in [0.4, 0.5) is 10.5 Å². The fourth-order valence-corrected chi connectivity index (χ4v) is 2.78. The van der Waals surface area contributed by atoms with Crippen molar-refractivity contribution in [2.45, 2.75) is 11.8 Å². The molecule has 124 valence electrons. The topological polar surface area (TPSA) is 105 Å². The van der Waals surface area contributed by atoms with E-state index >= 15 is 0 Å². The van der Waals surface area contributed by atoms with Gasteiger partial charge in [-0.25, -0.2) is 4.79 Å². The zero-order valence-corrected chi connectivity index (χ0v) is 13.5. The molecule has 0 unspecified atom stereocenters. The molecule has 0 bridgehead atoms. The molecule has 0 radical (unpaired) electrons. The molecule has 0 spiro atoms. The Bertz CT molecular complexity index is 887. The summed E-state index contributed by atoms with van der Waals surface area (Å²) in [6.45, 7) is 1.88. The van der Waals surface area contributed by atoms with Crippen molar-refractivity contribution in [3.63, 3.8) is 0 Å². The Balaban J connectivity index is 2.20. The second kappa shape index (κ2) is 7.48. The second-order valence-corrected chi connectivity index (χ2v) is 6.10. The lowest BCUT2D eigenvalue weighted by atomic mass is 10.2. The predicted octanol–water partition coefficient (Wildman–Crippen LogP) is 2.89. The van der Waals surface area contributed by atoms with Crippen LogP contribution in [0.25, 0.3) is 0 Å². The average Bonchev–Trinajstić information content (AvgIpc) is 2.55. The van der Waals surface area contributed by atoms with Gasteiger partial charge in [0.15, 0.2) is 0 Å². The molecule has 8 heteroatoms. The molecule has 1 N–H and O–H groups in total. The number of rotatable bonds is 5. The Morgan fingerprint density at radius 3 is 2.67 bits per heavy atom. The molecule has 0 fully saturated rings. The lowest BCUT2D eigenvalue weighted by Crippen LogP contribution is -2.14. The van der Waals surface area contributed by atoms with E-state index in [0.29, 0.717) is 5.69 Å². The lowest BCUT2D eigenvalue weighted by molar-refractivity contribution is 0.168. The van der Waals surface area contributed by atoms with Crippen LogP contribution in [0.1, 0.15) is 12.5 Å². The van der Waals surface area contributed by atoms with Crippen LogP contribution in [0, 0.1) is 11.3 Å². The molecule has 7 nitrogen and oxygen atoms in total. The monoisotopic (exact) mass is 346 g/mol. The van der Waals surface area contributed by atoms with Gasteiger partial charge in [0, 0.05) is 11.8 Å². The third-order valence-electron chi connectivity index (χ3n) is 2.81. The largest absolute Gasteiger partial charge is 0.450 e. The van der Waals surface area contributed by atoms with Crippen molar-refractivity contribution in [3.8, 4) is 11.8 Å². The SMILES string of the molecule is CCOC(=O)Nc1cccc(OS(=O)(=O)c2cccc(C#N)c2)c1. The number of carbonyl (C=O) groups excluding carboxylic acids is 1. The van der Waals surface area contributed by atoms with E-state index in [1.165, 1.54) is 42.5 Å². The van der Waals surface area contributed by atoms with Crippen LogP contribution in [0.3, 0.4) is 0 Å². The summed E-state index contributed by atoms with van der Waals surface area (Å²) in [4.78, 5) is 11.2. The van der Waals surface area contributed by atoms with Crippen LogP contribution >= 0.6 is 0 Å². The minimum atomic E-state index is -4.10. The molecular weight excluding hydrogens is 332 g/mol. The van der Waals surface area contributed by atoms with Crippen molar-refractivity contribution in [3.05, 3.63) is 54.1 Å². The molecule has 0 saturated heterocycles. The highest BCUT2D eigenvalue weighted by Crippen LogP contribution is 2.22. The van der Waals surface area contributed by atoms with E-state index in [-0.39, 0.29) is 22.8 Å². The summed E-state index contributed by atoms with van der Waals surface area (Å²) in [5.74, 6) is 0.0201. The van der Waals surface area contributed by atoms with Gasteiger partial charge in [-0.1, -0.05) is 12.1 Å². The van der Waals surface area contributed by atoms with Crippen LogP contribution in [0.15, 0.2) is 53.4 Å². The van der Waals surface area contributed by atoms with Crippen molar-refractivity contribution in [1.29, 1.82) is 5.26 Å². The molecule has 0 atom stereocenters. The maximum absolute atomic E-state index is 12.3. The van der Waals surface area contributed by atoms with E-state index in [1.807, 2.05) is 6.07 Å². The molecule has 0 aliphatic rings. The first-order chi connectivity index (χ1) is 11.4. The minimum absolute atomic E-state index is 0.0201. The summed E-state index contributed by atoms with van der Waals surface area (Å²) in [7, 11) is -4.10. The zero-order chi connectivity index (χ0) is 17.6. The van der Waals surface area contributed by atoms with Crippen molar-refractivity contribution in [2.24, 2.45) is 0 Å². The van der Waals surface area contributed by atoms with Crippen molar-refractivity contribution in [2.75, 3.05) is 11.9 Å². The first kappa shape index (κ1) is 17.3. The van der Waals surface area contributed by atoms with Gasteiger partial charge in [-0.2, -0.15) is 13.7 Å². The van der Waals surface area contributed by atoms with Gasteiger partial charge >= 0.3 is 16.2 Å². The fourth-order valence-electron chi connectivity index (χ4n) is 1.81. The van der Waals surface area contributed by atoms with Gasteiger partial charge < -0.3 is 8.92 Å². The quantitative estimate of drug-likeness (QED) is 0.835. The second-order valence-electron chi connectivity index (χ2n) is 4.55. The van der Waals surface area contributed by atoms with Crippen molar-refractivity contribution in [1.82, 2.24) is 0 Å². The highest BCUT2D eigenvalue weighted by atomic mass is 32.2. The highest BCUT2D eigenvalue weighted by molar-refractivity contribution is 7.87. The van der Waals surface area contributed by atoms with Crippen LogP contribution in [-0.2, 0) is 14.9 Å². The van der Waals surface area contributed by atoms with E-state index in [4.69, 9.17) is 14.2 Å². The Morgan fingerprint density at radius 1 is 1.21 bits per heavy atom. The van der Waals surface area contributed by atoms with Crippen LogP contribution < -0.4 is 9.50 Å². The Morgan fingerprint density at radius 2 is 1.96 bits per heavy atom. The van der Waals surface area contributed by atoms with E-state index in [9.17, 15) is 13.2 Å². The van der Waals surface area contributed by atoms with Gasteiger partial charge in [0.2, 0.25) is 0 Å². The minimum Gasteiger partial charge on any atom is -0.450 e. The molecule has 0 saturated carbocycles. The number of anilines is 1. The number of carbonyl (C=O) groups is 1. The van der Waals surface area contributed by atoms with Crippen molar-refractivity contribution < 1.29 is 22.1 Å². The van der Waals surface area contributed by atoms with E-state index in [1.54, 1.807) is 13.0 Å². The molecular formula is C16H14N2O5S. The maximum atomic E-state index is 12.3. The summed E-state index contributed by atoms with van der Waals surface area (Å²) in [5, 5.41) is 11.3. The number of nitrogens with zero attached hydrogens (tertiary/aromatic N) is 1. The number of nitriles is 1. The fraction of sp³-hybridized carbons (Fsp3) is 0.125.